The highest BCUT2D eigenvalue weighted by molar-refractivity contribution is 5.14. The second-order valence-corrected chi connectivity index (χ2v) is 3.95. The predicted octanol–water partition coefficient (Wildman–Crippen LogP) is 2.17. The van der Waals surface area contributed by atoms with E-state index in [1.165, 1.54) is 5.56 Å². The number of benzene rings is 1. The van der Waals surface area contributed by atoms with Gasteiger partial charge in [-0.15, -0.1) is 0 Å². The summed E-state index contributed by atoms with van der Waals surface area (Å²) in [4.78, 5) is 2.36. The Kier molecular flexibility index (Phi) is 7.63. The Bertz CT molecular complexity index is 277. The number of hydrogen-bond acceptors (Lipinski definition) is 3. The first-order valence-electron chi connectivity index (χ1n) is 6.19. The summed E-state index contributed by atoms with van der Waals surface area (Å²) >= 11 is 0. The maximum atomic E-state index is 5.40. The van der Waals surface area contributed by atoms with Crippen LogP contribution in [0.3, 0.4) is 0 Å². The zero-order chi connectivity index (χ0) is 12.3. The Morgan fingerprint density at radius 2 is 1.76 bits per heavy atom. The average molecular weight is 237 g/mol. The molecule has 3 heteroatoms. The Morgan fingerprint density at radius 3 is 2.41 bits per heavy atom. The SMILES string of the molecule is CCOCCN(CCOC)Cc1ccccc1. The summed E-state index contributed by atoms with van der Waals surface area (Å²) < 4.78 is 10.5. The number of rotatable bonds is 9. The van der Waals surface area contributed by atoms with Crippen molar-refractivity contribution >= 4 is 0 Å². The van der Waals surface area contributed by atoms with Crippen molar-refractivity contribution in [2.75, 3.05) is 40.0 Å². The van der Waals surface area contributed by atoms with Gasteiger partial charge in [0.25, 0.3) is 0 Å². The minimum Gasteiger partial charge on any atom is -0.383 e. The number of nitrogens with zero attached hydrogens (tertiary/aromatic N) is 1. The van der Waals surface area contributed by atoms with Crippen molar-refractivity contribution in [1.82, 2.24) is 4.90 Å². The summed E-state index contributed by atoms with van der Waals surface area (Å²) in [6, 6.07) is 10.5. The van der Waals surface area contributed by atoms with Crippen LogP contribution in [0.4, 0.5) is 0 Å². The second kappa shape index (κ2) is 9.16. The van der Waals surface area contributed by atoms with Crippen LogP contribution in [0.15, 0.2) is 30.3 Å². The summed E-state index contributed by atoms with van der Waals surface area (Å²) in [5.41, 5.74) is 1.33. The first-order chi connectivity index (χ1) is 8.36. The highest BCUT2D eigenvalue weighted by Gasteiger charge is 2.05. The normalized spacial score (nSPS) is 11.0. The third-order valence-electron chi connectivity index (χ3n) is 2.62. The smallest absolute Gasteiger partial charge is 0.0593 e. The van der Waals surface area contributed by atoms with Gasteiger partial charge in [-0.1, -0.05) is 30.3 Å². The van der Waals surface area contributed by atoms with Gasteiger partial charge < -0.3 is 9.47 Å². The number of ether oxygens (including phenoxy) is 2. The van der Waals surface area contributed by atoms with Gasteiger partial charge in [0.15, 0.2) is 0 Å². The van der Waals surface area contributed by atoms with Crippen LogP contribution < -0.4 is 0 Å². The molecule has 0 saturated carbocycles. The molecule has 0 aliphatic rings. The van der Waals surface area contributed by atoms with Crippen molar-refractivity contribution < 1.29 is 9.47 Å². The lowest BCUT2D eigenvalue weighted by Crippen LogP contribution is -2.30. The molecule has 1 rings (SSSR count). The topological polar surface area (TPSA) is 21.7 Å². The fourth-order valence-corrected chi connectivity index (χ4v) is 1.67. The molecule has 0 spiro atoms. The lowest BCUT2D eigenvalue weighted by molar-refractivity contribution is 0.0915. The minimum atomic E-state index is 0.763. The molecule has 0 unspecified atom stereocenters. The Hall–Kier alpha value is -0.900. The van der Waals surface area contributed by atoms with E-state index in [1.807, 2.05) is 13.0 Å². The Balaban J connectivity index is 2.39. The van der Waals surface area contributed by atoms with E-state index in [9.17, 15) is 0 Å². The van der Waals surface area contributed by atoms with Crippen LogP contribution in [0.2, 0.25) is 0 Å². The van der Waals surface area contributed by atoms with Crippen LogP contribution in [0.1, 0.15) is 12.5 Å². The molecule has 0 fully saturated rings. The van der Waals surface area contributed by atoms with Crippen molar-refractivity contribution in [2.45, 2.75) is 13.5 Å². The highest BCUT2D eigenvalue weighted by Crippen LogP contribution is 2.04. The molecular formula is C14H23NO2. The molecule has 0 saturated heterocycles. The zero-order valence-corrected chi connectivity index (χ0v) is 10.9. The van der Waals surface area contributed by atoms with E-state index in [-0.39, 0.29) is 0 Å². The first kappa shape index (κ1) is 14.2. The monoisotopic (exact) mass is 237 g/mol. The fraction of sp³-hybridized carbons (Fsp3) is 0.571. The zero-order valence-electron chi connectivity index (χ0n) is 10.9. The molecule has 0 N–H and O–H groups in total. The van der Waals surface area contributed by atoms with Crippen molar-refractivity contribution in [3.63, 3.8) is 0 Å². The quantitative estimate of drug-likeness (QED) is 0.614. The van der Waals surface area contributed by atoms with Crippen molar-refractivity contribution in [1.29, 1.82) is 0 Å². The summed E-state index contributed by atoms with van der Waals surface area (Å²) in [6.45, 7) is 7.20. The van der Waals surface area contributed by atoms with E-state index in [4.69, 9.17) is 9.47 Å². The van der Waals surface area contributed by atoms with Crippen LogP contribution in [0.5, 0.6) is 0 Å². The highest BCUT2D eigenvalue weighted by atomic mass is 16.5. The molecule has 0 aliphatic heterocycles. The Labute approximate surface area is 104 Å². The molecule has 0 heterocycles. The molecule has 0 radical (unpaired) electrons. The van der Waals surface area contributed by atoms with E-state index in [0.717, 1.165) is 39.5 Å². The van der Waals surface area contributed by atoms with Gasteiger partial charge in [-0.3, -0.25) is 4.90 Å². The molecule has 1 aromatic rings. The molecule has 0 aliphatic carbocycles. The molecule has 3 nitrogen and oxygen atoms in total. The number of hydrogen-bond donors (Lipinski definition) is 0. The van der Waals surface area contributed by atoms with E-state index in [2.05, 4.69) is 29.2 Å². The van der Waals surface area contributed by atoms with E-state index in [1.54, 1.807) is 7.11 Å². The van der Waals surface area contributed by atoms with Gasteiger partial charge >= 0.3 is 0 Å². The van der Waals surface area contributed by atoms with Crippen molar-refractivity contribution in [3.8, 4) is 0 Å². The molecule has 0 atom stereocenters. The van der Waals surface area contributed by atoms with Crippen LogP contribution in [-0.4, -0.2) is 44.9 Å². The lowest BCUT2D eigenvalue weighted by Gasteiger charge is -2.21. The van der Waals surface area contributed by atoms with Gasteiger partial charge in [0, 0.05) is 33.4 Å². The summed E-state index contributed by atoms with van der Waals surface area (Å²) in [5.74, 6) is 0. The third-order valence-corrected chi connectivity index (χ3v) is 2.62. The molecule has 17 heavy (non-hydrogen) atoms. The lowest BCUT2D eigenvalue weighted by atomic mass is 10.2. The van der Waals surface area contributed by atoms with Crippen LogP contribution in [0, 0.1) is 0 Å². The van der Waals surface area contributed by atoms with E-state index < -0.39 is 0 Å². The van der Waals surface area contributed by atoms with E-state index in [0.29, 0.717) is 0 Å². The molecular weight excluding hydrogens is 214 g/mol. The molecule has 0 aromatic heterocycles. The van der Waals surface area contributed by atoms with Crippen LogP contribution in [-0.2, 0) is 16.0 Å². The maximum Gasteiger partial charge on any atom is 0.0593 e. The van der Waals surface area contributed by atoms with Crippen LogP contribution >= 0.6 is 0 Å². The first-order valence-corrected chi connectivity index (χ1v) is 6.19. The maximum absolute atomic E-state index is 5.40. The van der Waals surface area contributed by atoms with Crippen molar-refractivity contribution in [3.05, 3.63) is 35.9 Å². The molecule has 1 aromatic carbocycles. The van der Waals surface area contributed by atoms with Crippen LogP contribution in [0.25, 0.3) is 0 Å². The van der Waals surface area contributed by atoms with E-state index >= 15 is 0 Å². The van der Waals surface area contributed by atoms with Gasteiger partial charge in [-0.05, 0) is 12.5 Å². The summed E-state index contributed by atoms with van der Waals surface area (Å²) in [5, 5.41) is 0. The standard InChI is InChI=1S/C14H23NO2/c1-3-17-12-10-15(9-11-16-2)13-14-7-5-4-6-8-14/h4-8H,3,9-13H2,1-2H3. The molecule has 0 amide bonds. The Morgan fingerprint density at radius 1 is 1.06 bits per heavy atom. The average Bonchev–Trinajstić information content (AvgIpc) is 2.37. The summed E-state index contributed by atoms with van der Waals surface area (Å²) in [7, 11) is 1.74. The van der Waals surface area contributed by atoms with Gasteiger partial charge in [0.2, 0.25) is 0 Å². The van der Waals surface area contributed by atoms with Gasteiger partial charge in [0.1, 0.15) is 0 Å². The number of methoxy groups -OCH3 is 1. The third kappa shape index (κ3) is 6.41. The minimum absolute atomic E-state index is 0.763. The van der Waals surface area contributed by atoms with Gasteiger partial charge in [-0.25, -0.2) is 0 Å². The van der Waals surface area contributed by atoms with Gasteiger partial charge in [-0.2, -0.15) is 0 Å². The molecule has 96 valence electrons. The van der Waals surface area contributed by atoms with Gasteiger partial charge in [0.05, 0.1) is 13.2 Å². The van der Waals surface area contributed by atoms with Crippen molar-refractivity contribution in [2.24, 2.45) is 0 Å². The fourth-order valence-electron chi connectivity index (χ4n) is 1.67. The molecule has 0 bridgehead atoms. The second-order valence-electron chi connectivity index (χ2n) is 3.95. The summed E-state index contributed by atoms with van der Waals surface area (Å²) in [6.07, 6.45) is 0. The predicted molar refractivity (Wildman–Crippen MR) is 70.1 cm³/mol. The largest absolute Gasteiger partial charge is 0.383 e.